The van der Waals surface area contributed by atoms with Crippen molar-refractivity contribution in [2.24, 2.45) is 0 Å². The Labute approximate surface area is 164 Å². The van der Waals surface area contributed by atoms with E-state index in [2.05, 4.69) is 27.6 Å². The Balaban J connectivity index is 1.58. The third kappa shape index (κ3) is 3.40. The summed E-state index contributed by atoms with van der Waals surface area (Å²) in [5.74, 6) is 1.26. The zero-order valence-electron chi connectivity index (χ0n) is 13.5. The van der Waals surface area contributed by atoms with E-state index in [4.69, 9.17) is 16.6 Å². The first-order chi connectivity index (χ1) is 12.1. The first kappa shape index (κ1) is 16.8. The highest BCUT2D eigenvalue weighted by Gasteiger charge is 2.28. The first-order valence-electron chi connectivity index (χ1n) is 8.31. The lowest BCUT2D eigenvalue weighted by Crippen LogP contribution is -2.39. The molecule has 4 rings (SSSR count). The van der Waals surface area contributed by atoms with Crippen LogP contribution >= 0.6 is 34.2 Å². The first-order valence-corrected chi connectivity index (χ1v) is 9.76. The molecule has 0 saturated carbocycles. The molecule has 1 aliphatic rings. The number of hydrogen-bond acceptors (Lipinski definition) is 2. The predicted octanol–water partition coefficient (Wildman–Crippen LogP) is 4.84. The summed E-state index contributed by atoms with van der Waals surface area (Å²) < 4.78 is 0.929. The number of carbonyl (C=O) groups excluding carboxylic acids is 1. The van der Waals surface area contributed by atoms with Crippen molar-refractivity contribution in [3.8, 4) is 0 Å². The number of imidazole rings is 1. The summed E-state index contributed by atoms with van der Waals surface area (Å²) in [5.41, 5.74) is 2.70. The molecule has 0 radical (unpaired) electrons. The number of amides is 1. The van der Waals surface area contributed by atoms with Crippen LogP contribution in [0.2, 0.25) is 5.02 Å². The lowest BCUT2D eigenvalue weighted by atomic mass is 9.96. The Morgan fingerprint density at radius 3 is 2.96 bits per heavy atom. The van der Waals surface area contributed by atoms with Crippen molar-refractivity contribution >= 4 is 51.1 Å². The number of halogens is 2. The van der Waals surface area contributed by atoms with Gasteiger partial charge in [-0.1, -0.05) is 23.7 Å². The van der Waals surface area contributed by atoms with Crippen LogP contribution in [0.4, 0.5) is 0 Å². The van der Waals surface area contributed by atoms with Crippen LogP contribution < -0.4 is 0 Å². The van der Waals surface area contributed by atoms with Crippen molar-refractivity contribution in [1.29, 1.82) is 0 Å². The molecule has 3 aromatic rings. The van der Waals surface area contributed by atoms with E-state index in [0.717, 1.165) is 39.8 Å². The molecule has 128 valence electrons. The van der Waals surface area contributed by atoms with Crippen molar-refractivity contribution in [3.05, 3.63) is 62.4 Å². The molecular formula is C19H17ClIN3O. The SMILES string of the molecule is O=C(c1cc(Cl)ccc1I)N1CCCC(c2nc3ccccc3[nH]2)C1. The molecule has 0 aliphatic carbocycles. The summed E-state index contributed by atoms with van der Waals surface area (Å²) in [6.07, 6.45) is 2.01. The number of aromatic nitrogens is 2. The van der Waals surface area contributed by atoms with Crippen LogP contribution in [0, 0.1) is 3.57 Å². The summed E-state index contributed by atoms with van der Waals surface area (Å²) in [5, 5.41) is 0.592. The second kappa shape index (κ2) is 6.96. The molecule has 2 heterocycles. The molecule has 1 N–H and O–H groups in total. The van der Waals surface area contributed by atoms with Gasteiger partial charge >= 0.3 is 0 Å². The second-order valence-corrected chi connectivity index (χ2v) is 7.95. The number of rotatable bonds is 2. The Morgan fingerprint density at radius 2 is 2.12 bits per heavy atom. The maximum Gasteiger partial charge on any atom is 0.255 e. The highest BCUT2D eigenvalue weighted by Crippen LogP contribution is 2.28. The highest BCUT2D eigenvalue weighted by molar-refractivity contribution is 14.1. The molecule has 1 aromatic heterocycles. The van der Waals surface area contributed by atoms with Crippen molar-refractivity contribution in [1.82, 2.24) is 14.9 Å². The largest absolute Gasteiger partial charge is 0.342 e. The quantitative estimate of drug-likeness (QED) is 0.551. The van der Waals surface area contributed by atoms with Crippen molar-refractivity contribution < 1.29 is 4.79 Å². The summed E-state index contributed by atoms with van der Waals surface area (Å²) in [6.45, 7) is 1.46. The van der Waals surface area contributed by atoms with Crippen LogP contribution in [0.5, 0.6) is 0 Å². The van der Waals surface area contributed by atoms with Crippen molar-refractivity contribution in [2.45, 2.75) is 18.8 Å². The molecule has 2 aromatic carbocycles. The fraction of sp³-hybridized carbons (Fsp3) is 0.263. The van der Waals surface area contributed by atoms with Gasteiger partial charge in [0.25, 0.3) is 5.91 Å². The van der Waals surface area contributed by atoms with Gasteiger partial charge in [-0.2, -0.15) is 0 Å². The fourth-order valence-corrected chi connectivity index (χ4v) is 4.12. The molecule has 0 spiro atoms. The molecule has 4 nitrogen and oxygen atoms in total. The third-order valence-electron chi connectivity index (χ3n) is 4.66. The number of piperidine rings is 1. The summed E-state index contributed by atoms with van der Waals surface area (Å²) in [6, 6.07) is 13.5. The number of nitrogens with one attached hydrogen (secondary N) is 1. The Kier molecular flexibility index (Phi) is 4.69. The minimum Gasteiger partial charge on any atom is -0.342 e. The number of carbonyl (C=O) groups is 1. The van der Waals surface area contributed by atoms with Gasteiger partial charge in [-0.15, -0.1) is 0 Å². The fourth-order valence-electron chi connectivity index (χ4n) is 3.38. The number of benzene rings is 2. The van der Waals surface area contributed by atoms with Crippen molar-refractivity contribution in [3.63, 3.8) is 0 Å². The Morgan fingerprint density at radius 1 is 1.28 bits per heavy atom. The maximum absolute atomic E-state index is 13.0. The number of H-pyrrole nitrogens is 1. The van der Waals surface area contributed by atoms with E-state index in [1.807, 2.05) is 41.3 Å². The van der Waals surface area contributed by atoms with Crippen LogP contribution in [0.25, 0.3) is 11.0 Å². The van der Waals surface area contributed by atoms with Crippen LogP contribution in [-0.2, 0) is 0 Å². The molecule has 1 amide bonds. The average Bonchev–Trinajstić information content (AvgIpc) is 3.07. The molecule has 1 atom stereocenters. The Bertz CT molecular complexity index is 906. The molecule has 1 saturated heterocycles. The normalized spacial score (nSPS) is 17.8. The van der Waals surface area contributed by atoms with E-state index in [1.54, 1.807) is 6.07 Å². The Hall–Kier alpha value is -1.60. The van der Waals surface area contributed by atoms with E-state index >= 15 is 0 Å². The lowest BCUT2D eigenvalue weighted by Gasteiger charge is -2.32. The van der Waals surface area contributed by atoms with E-state index in [0.29, 0.717) is 17.1 Å². The molecule has 1 aliphatic heterocycles. The maximum atomic E-state index is 13.0. The van der Waals surface area contributed by atoms with Gasteiger partial charge in [-0.25, -0.2) is 4.98 Å². The van der Waals surface area contributed by atoms with Gasteiger partial charge in [0.1, 0.15) is 5.82 Å². The van der Waals surface area contributed by atoms with Crippen LogP contribution in [0.15, 0.2) is 42.5 Å². The van der Waals surface area contributed by atoms with Crippen LogP contribution in [-0.4, -0.2) is 33.9 Å². The van der Waals surface area contributed by atoms with Crippen LogP contribution in [0.3, 0.4) is 0 Å². The zero-order valence-corrected chi connectivity index (χ0v) is 16.4. The predicted molar refractivity (Wildman–Crippen MR) is 108 cm³/mol. The molecule has 1 unspecified atom stereocenters. The van der Waals surface area contributed by atoms with Gasteiger partial charge in [0.2, 0.25) is 0 Å². The number of aromatic amines is 1. The van der Waals surface area contributed by atoms with Crippen LogP contribution in [0.1, 0.15) is 34.9 Å². The smallest absolute Gasteiger partial charge is 0.255 e. The topological polar surface area (TPSA) is 49.0 Å². The molecule has 6 heteroatoms. The van der Waals surface area contributed by atoms with Crippen molar-refractivity contribution in [2.75, 3.05) is 13.1 Å². The molecular weight excluding hydrogens is 449 g/mol. The summed E-state index contributed by atoms with van der Waals surface area (Å²) in [4.78, 5) is 23.0. The zero-order chi connectivity index (χ0) is 17.4. The summed E-state index contributed by atoms with van der Waals surface area (Å²) >= 11 is 8.27. The second-order valence-electron chi connectivity index (χ2n) is 6.35. The van der Waals surface area contributed by atoms with Gasteiger partial charge in [0, 0.05) is 27.6 Å². The van der Waals surface area contributed by atoms with Gasteiger partial charge in [0.05, 0.1) is 16.6 Å². The van der Waals surface area contributed by atoms with E-state index < -0.39 is 0 Å². The minimum absolute atomic E-state index is 0.0488. The van der Waals surface area contributed by atoms with E-state index in [9.17, 15) is 4.79 Å². The minimum atomic E-state index is 0.0488. The number of hydrogen-bond donors (Lipinski definition) is 1. The van der Waals surface area contributed by atoms with Gasteiger partial charge in [-0.05, 0) is 65.8 Å². The van der Waals surface area contributed by atoms with E-state index in [1.165, 1.54) is 0 Å². The standard InChI is InChI=1S/C19H17ClIN3O/c20-13-7-8-15(21)14(10-13)19(25)24-9-3-4-12(11-24)18-22-16-5-1-2-6-17(16)23-18/h1-2,5-8,10,12H,3-4,9,11H2,(H,22,23). The van der Waals surface area contributed by atoms with Gasteiger partial charge in [-0.3, -0.25) is 4.79 Å². The van der Waals surface area contributed by atoms with Gasteiger partial charge < -0.3 is 9.88 Å². The third-order valence-corrected chi connectivity index (χ3v) is 5.84. The monoisotopic (exact) mass is 465 g/mol. The average molecular weight is 466 g/mol. The lowest BCUT2D eigenvalue weighted by molar-refractivity contribution is 0.0704. The number of nitrogens with zero attached hydrogens (tertiary/aromatic N) is 2. The summed E-state index contributed by atoms with van der Waals surface area (Å²) in [7, 11) is 0. The number of para-hydroxylation sites is 2. The van der Waals surface area contributed by atoms with E-state index in [-0.39, 0.29) is 11.8 Å². The molecule has 0 bridgehead atoms. The molecule has 25 heavy (non-hydrogen) atoms. The number of likely N-dealkylation sites (tertiary alicyclic amines) is 1. The highest BCUT2D eigenvalue weighted by atomic mass is 127. The number of fused-ring (bicyclic) bond motifs is 1. The van der Waals surface area contributed by atoms with Gasteiger partial charge in [0.15, 0.2) is 0 Å². The molecule has 1 fully saturated rings.